The summed E-state index contributed by atoms with van der Waals surface area (Å²) >= 11 is 3.52. The highest BCUT2D eigenvalue weighted by molar-refractivity contribution is 9.10. The van der Waals surface area contributed by atoms with Crippen molar-refractivity contribution in [3.8, 4) is 28.3 Å². The Balaban J connectivity index is 1.38. The van der Waals surface area contributed by atoms with Gasteiger partial charge >= 0.3 is 0 Å². The highest BCUT2D eigenvalue weighted by Gasteiger charge is 2.15. The van der Waals surface area contributed by atoms with Crippen molar-refractivity contribution in [2.75, 3.05) is 0 Å². The first kappa shape index (κ1) is 20.2. The molecule has 2 heterocycles. The molecule has 3 nitrogen and oxygen atoms in total. The van der Waals surface area contributed by atoms with Crippen LogP contribution in [0.25, 0.3) is 61.2 Å². The number of hydrogen-bond acceptors (Lipinski definition) is 2. The Morgan fingerprint density at radius 3 is 2.06 bits per heavy atom. The van der Waals surface area contributed by atoms with E-state index in [2.05, 4.69) is 111 Å². The third-order valence-electron chi connectivity index (χ3n) is 6.52. The van der Waals surface area contributed by atoms with E-state index >= 15 is 0 Å². The second kappa shape index (κ2) is 7.97. The molecular formula is C31H19BrN2O. The van der Waals surface area contributed by atoms with Gasteiger partial charge in [0.2, 0.25) is 5.89 Å². The van der Waals surface area contributed by atoms with Crippen molar-refractivity contribution in [2.24, 2.45) is 0 Å². The monoisotopic (exact) mass is 514 g/mol. The quantitative estimate of drug-likeness (QED) is 0.235. The average molecular weight is 515 g/mol. The zero-order chi connectivity index (χ0) is 23.4. The molecule has 0 unspecified atom stereocenters. The van der Waals surface area contributed by atoms with Crippen LogP contribution in [0.2, 0.25) is 0 Å². The molecule has 0 saturated carbocycles. The maximum atomic E-state index is 6.05. The van der Waals surface area contributed by atoms with Crippen molar-refractivity contribution >= 4 is 48.8 Å². The molecule has 5 aromatic carbocycles. The van der Waals surface area contributed by atoms with Crippen LogP contribution in [0.5, 0.6) is 0 Å². The smallest absolute Gasteiger partial charge is 0.227 e. The summed E-state index contributed by atoms with van der Waals surface area (Å²) < 4.78 is 9.46. The van der Waals surface area contributed by atoms with Crippen LogP contribution >= 0.6 is 15.9 Å². The van der Waals surface area contributed by atoms with E-state index in [0.717, 1.165) is 32.3 Å². The summed E-state index contributed by atoms with van der Waals surface area (Å²) in [5.74, 6) is 0.642. The molecule has 0 fully saturated rings. The molecule has 0 amide bonds. The molecule has 0 saturated heterocycles. The van der Waals surface area contributed by atoms with Crippen molar-refractivity contribution < 1.29 is 4.42 Å². The second-order valence-corrected chi connectivity index (χ2v) is 9.54. The number of benzene rings is 5. The van der Waals surface area contributed by atoms with Gasteiger partial charge in [-0.3, -0.25) is 0 Å². The van der Waals surface area contributed by atoms with Gasteiger partial charge in [-0.1, -0.05) is 70.5 Å². The van der Waals surface area contributed by atoms with Crippen molar-refractivity contribution in [2.45, 2.75) is 0 Å². The molecule has 7 rings (SSSR count). The summed E-state index contributed by atoms with van der Waals surface area (Å²) in [5, 5.41) is 2.38. The topological polar surface area (TPSA) is 31.0 Å². The molecule has 4 heteroatoms. The van der Waals surface area contributed by atoms with Crippen molar-refractivity contribution in [1.29, 1.82) is 0 Å². The number of aromatic nitrogens is 2. The number of fused-ring (bicyclic) bond motifs is 4. The SMILES string of the molecule is Brc1ccc(-c2ccc(-n3c4ccccc4c4cc(-c5nc6ccccc6o5)ccc43)cc2)cc1. The van der Waals surface area contributed by atoms with Crippen LogP contribution in [-0.2, 0) is 0 Å². The van der Waals surface area contributed by atoms with E-state index in [0.29, 0.717) is 5.89 Å². The van der Waals surface area contributed by atoms with Crippen LogP contribution in [0.1, 0.15) is 0 Å². The normalized spacial score (nSPS) is 11.6. The van der Waals surface area contributed by atoms with Gasteiger partial charge in [-0.2, -0.15) is 0 Å². The Morgan fingerprint density at radius 1 is 0.600 bits per heavy atom. The van der Waals surface area contributed by atoms with Crippen molar-refractivity contribution in [3.05, 3.63) is 120 Å². The standard InChI is InChI=1S/C31H19BrN2O/c32-23-14-9-20(10-15-23)21-11-16-24(17-12-21)34-28-7-3-1-5-25(28)26-19-22(13-18-29(26)34)31-33-27-6-2-4-8-30(27)35-31/h1-19H. The van der Waals surface area contributed by atoms with Crippen LogP contribution < -0.4 is 0 Å². The minimum Gasteiger partial charge on any atom is -0.436 e. The molecule has 0 aliphatic rings. The summed E-state index contributed by atoms with van der Waals surface area (Å²) in [7, 11) is 0. The fraction of sp³-hybridized carbons (Fsp3) is 0. The Hall–Kier alpha value is -4.15. The third-order valence-corrected chi connectivity index (χ3v) is 7.05. The zero-order valence-electron chi connectivity index (χ0n) is 18.7. The lowest BCUT2D eigenvalue weighted by Gasteiger charge is -2.09. The van der Waals surface area contributed by atoms with E-state index in [4.69, 9.17) is 9.40 Å². The van der Waals surface area contributed by atoms with Gasteiger partial charge in [0, 0.05) is 26.5 Å². The fourth-order valence-corrected chi connectivity index (χ4v) is 5.09. The first-order chi connectivity index (χ1) is 17.2. The Bertz CT molecular complexity index is 1810. The van der Waals surface area contributed by atoms with Gasteiger partial charge < -0.3 is 8.98 Å². The van der Waals surface area contributed by atoms with E-state index in [1.807, 2.05) is 24.3 Å². The summed E-state index contributed by atoms with van der Waals surface area (Å²) in [5.41, 5.74) is 8.50. The van der Waals surface area contributed by atoms with Gasteiger partial charge in [0.05, 0.1) is 11.0 Å². The van der Waals surface area contributed by atoms with Crippen LogP contribution in [0.15, 0.2) is 124 Å². The summed E-state index contributed by atoms with van der Waals surface area (Å²) in [6.45, 7) is 0. The molecule has 0 N–H and O–H groups in total. The fourth-order valence-electron chi connectivity index (χ4n) is 4.83. The molecule has 0 aliphatic heterocycles. The molecule has 0 bridgehead atoms. The third kappa shape index (κ3) is 3.37. The van der Waals surface area contributed by atoms with Gasteiger partial charge in [0.1, 0.15) is 5.52 Å². The number of nitrogens with zero attached hydrogens (tertiary/aromatic N) is 2. The molecular weight excluding hydrogens is 496 g/mol. The van der Waals surface area contributed by atoms with E-state index in [9.17, 15) is 0 Å². The lowest BCUT2D eigenvalue weighted by atomic mass is 10.1. The Morgan fingerprint density at radius 2 is 1.26 bits per heavy atom. The molecule has 7 aromatic rings. The van der Waals surface area contributed by atoms with Gasteiger partial charge in [-0.15, -0.1) is 0 Å². The number of halogens is 1. The van der Waals surface area contributed by atoms with Crippen LogP contribution in [0, 0.1) is 0 Å². The molecule has 0 aliphatic carbocycles. The minimum atomic E-state index is 0.642. The highest BCUT2D eigenvalue weighted by Crippen LogP contribution is 2.36. The lowest BCUT2D eigenvalue weighted by molar-refractivity contribution is 0.620. The van der Waals surface area contributed by atoms with Crippen LogP contribution in [0.3, 0.4) is 0 Å². The molecule has 0 spiro atoms. The number of para-hydroxylation sites is 3. The van der Waals surface area contributed by atoms with Crippen LogP contribution in [0.4, 0.5) is 0 Å². The summed E-state index contributed by atoms with van der Waals surface area (Å²) in [6, 6.07) is 40.0. The van der Waals surface area contributed by atoms with Crippen molar-refractivity contribution in [3.63, 3.8) is 0 Å². The molecule has 0 atom stereocenters. The molecule has 35 heavy (non-hydrogen) atoms. The second-order valence-electron chi connectivity index (χ2n) is 8.62. The lowest BCUT2D eigenvalue weighted by Crippen LogP contribution is -1.93. The zero-order valence-corrected chi connectivity index (χ0v) is 20.2. The maximum Gasteiger partial charge on any atom is 0.227 e. The minimum absolute atomic E-state index is 0.642. The first-order valence-electron chi connectivity index (χ1n) is 11.5. The van der Waals surface area contributed by atoms with E-state index in [1.54, 1.807) is 0 Å². The molecule has 0 radical (unpaired) electrons. The summed E-state index contributed by atoms with van der Waals surface area (Å²) in [6.07, 6.45) is 0. The molecule has 166 valence electrons. The van der Waals surface area contributed by atoms with E-state index in [1.165, 1.54) is 27.4 Å². The average Bonchev–Trinajstić information content (AvgIpc) is 3.48. The maximum absolute atomic E-state index is 6.05. The van der Waals surface area contributed by atoms with Crippen molar-refractivity contribution in [1.82, 2.24) is 9.55 Å². The predicted molar refractivity (Wildman–Crippen MR) is 147 cm³/mol. The predicted octanol–water partition coefficient (Wildman–Crippen LogP) is 9.02. The van der Waals surface area contributed by atoms with Gasteiger partial charge in [-0.25, -0.2) is 4.98 Å². The Kier molecular flexibility index (Phi) is 4.61. The van der Waals surface area contributed by atoms with Gasteiger partial charge in [-0.05, 0) is 71.8 Å². The summed E-state index contributed by atoms with van der Waals surface area (Å²) in [4.78, 5) is 4.70. The highest BCUT2D eigenvalue weighted by atomic mass is 79.9. The number of rotatable bonds is 3. The van der Waals surface area contributed by atoms with E-state index < -0.39 is 0 Å². The molecule has 2 aromatic heterocycles. The largest absolute Gasteiger partial charge is 0.436 e. The van der Waals surface area contributed by atoms with E-state index in [-0.39, 0.29) is 0 Å². The van der Waals surface area contributed by atoms with Gasteiger partial charge in [0.15, 0.2) is 5.58 Å². The number of hydrogen-bond donors (Lipinski definition) is 0. The van der Waals surface area contributed by atoms with Gasteiger partial charge in [0.25, 0.3) is 0 Å². The Labute approximate surface area is 210 Å². The van der Waals surface area contributed by atoms with Crippen LogP contribution in [-0.4, -0.2) is 9.55 Å². The number of oxazole rings is 1. The first-order valence-corrected chi connectivity index (χ1v) is 12.3.